The molecule has 0 bridgehead atoms. The number of nitrogens with one attached hydrogen (secondary N) is 2. The largest absolute Gasteiger partial charge is 0.377 e. The highest BCUT2D eigenvalue weighted by atomic mass is 127. The van der Waals surface area contributed by atoms with Gasteiger partial charge < -0.3 is 15.4 Å². The third-order valence-corrected chi connectivity index (χ3v) is 3.77. The summed E-state index contributed by atoms with van der Waals surface area (Å²) in [4.78, 5) is 4.47. The third kappa shape index (κ3) is 7.73. The van der Waals surface area contributed by atoms with Gasteiger partial charge in [-0.25, -0.2) is 9.38 Å². The fourth-order valence-corrected chi connectivity index (χ4v) is 1.91. The predicted octanol–water partition coefficient (Wildman–Crippen LogP) is 3.69. The topological polar surface area (TPSA) is 45.7 Å². The number of aliphatic imine (C=N–C) groups is 1. The summed E-state index contributed by atoms with van der Waals surface area (Å²) in [6, 6.07) is 4.59. The van der Waals surface area contributed by atoms with Crippen LogP contribution in [0.25, 0.3) is 0 Å². The molecule has 0 atom stereocenters. The fraction of sp³-hybridized carbons (Fsp3) is 0.533. The second kappa shape index (κ2) is 10.4. The Bertz CT molecular complexity index is 498. The monoisotopic (exact) mass is 487 g/mol. The Balaban J connectivity index is 0.00000441. The van der Waals surface area contributed by atoms with Gasteiger partial charge in [0.15, 0.2) is 5.96 Å². The lowest BCUT2D eigenvalue weighted by Gasteiger charge is -2.24. The Labute approximate surface area is 157 Å². The van der Waals surface area contributed by atoms with Crippen LogP contribution in [0.4, 0.5) is 4.39 Å². The quantitative estimate of drug-likeness (QED) is 0.365. The van der Waals surface area contributed by atoms with Crippen molar-refractivity contribution in [3.8, 4) is 0 Å². The van der Waals surface area contributed by atoms with Crippen LogP contribution >= 0.6 is 39.9 Å². The Morgan fingerprint density at radius 1 is 1.36 bits per heavy atom. The number of methoxy groups -OCH3 is 1. The van der Waals surface area contributed by atoms with Crippen molar-refractivity contribution in [3.63, 3.8) is 0 Å². The maximum absolute atomic E-state index is 13.3. The van der Waals surface area contributed by atoms with Gasteiger partial charge in [-0.05, 0) is 44.5 Å². The summed E-state index contributed by atoms with van der Waals surface area (Å²) in [5.74, 6) is 0.417. The first-order valence-corrected chi connectivity index (χ1v) is 7.68. The van der Waals surface area contributed by atoms with Gasteiger partial charge in [-0.2, -0.15) is 0 Å². The summed E-state index contributed by atoms with van der Waals surface area (Å²) in [6.07, 6.45) is 0. The van der Waals surface area contributed by atoms with Crippen LogP contribution < -0.4 is 10.6 Å². The molecule has 7 heteroatoms. The second-order valence-electron chi connectivity index (χ2n) is 5.25. The van der Waals surface area contributed by atoms with Crippen LogP contribution in [0, 0.1) is 5.82 Å². The first-order chi connectivity index (χ1) is 9.88. The molecule has 0 aliphatic rings. The van der Waals surface area contributed by atoms with Gasteiger partial charge in [0.2, 0.25) is 0 Å². The molecule has 0 amide bonds. The number of rotatable bonds is 6. The smallest absolute Gasteiger partial charge is 0.191 e. The molecule has 0 unspecified atom stereocenters. The lowest BCUT2D eigenvalue weighted by Crippen LogP contribution is -2.45. The van der Waals surface area contributed by atoms with E-state index in [-0.39, 0.29) is 35.4 Å². The zero-order valence-corrected chi connectivity index (χ0v) is 17.3. The average Bonchev–Trinajstić information content (AvgIpc) is 2.45. The molecule has 0 saturated heterocycles. The summed E-state index contributed by atoms with van der Waals surface area (Å²) >= 11 is 3.40. The molecule has 0 fully saturated rings. The molecule has 1 rings (SSSR count). The minimum absolute atomic E-state index is 0. The van der Waals surface area contributed by atoms with E-state index >= 15 is 0 Å². The van der Waals surface area contributed by atoms with Gasteiger partial charge in [0.1, 0.15) is 5.82 Å². The van der Waals surface area contributed by atoms with Crippen molar-refractivity contribution in [3.05, 3.63) is 34.1 Å². The minimum Gasteiger partial charge on any atom is -0.377 e. The Morgan fingerprint density at radius 3 is 2.64 bits per heavy atom. The average molecular weight is 488 g/mol. The van der Waals surface area contributed by atoms with Crippen molar-refractivity contribution >= 4 is 45.9 Å². The number of hydrogen-bond donors (Lipinski definition) is 2. The zero-order valence-electron chi connectivity index (χ0n) is 13.4. The van der Waals surface area contributed by atoms with E-state index in [9.17, 15) is 4.39 Å². The SMILES string of the molecule is CCNC(=NCc1cc(F)ccc1Br)NCC(C)(C)OC.I. The van der Waals surface area contributed by atoms with Gasteiger partial charge in [0.25, 0.3) is 0 Å². The summed E-state index contributed by atoms with van der Waals surface area (Å²) < 4.78 is 19.5. The zero-order chi connectivity index (χ0) is 15.9. The molecule has 0 heterocycles. The minimum atomic E-state index is -0.282. The summed E-state index contributed by atoms with van der Waals surface area (Å²) in [5.41, 5.74) is 0.522. The van der Waals surface area contributed by atoms with Gasteiger partial charge in [-0.3, -0.25) is 0 Å². The van der Waals surface area contributed by atoms with E-state index in [2.05, 4.69) is 31.6 Å². The normalized spacial score (nSPS) is 11.8. The van der Waals surface area contributed by atoms with E-state index in [0.717, 1.165) is 16.6 Å². The van der Waals surface area contributed by atoms with Gasteiger partial charge in [-0.1, -0.05) is 15.9 Å². The summed E-state index contributed by atoms with van der Waals surface area (Å²) in [6.45, 7) is 7.75. The van der Waals surface area contributed by atoms with Crippen LogP contribution in [0.1, 0.15) is 26.3 Å². The van der Waals surface area contributed by atoms with Crippen LogP contribution in [-0.4, -0.2) is 31.8 Å². The number of halogens is 3. The second-order valence-corrected chi connectivity index (χ2v) is 6.10. The number of benzene rings is 1. The van der Waals surface area contributed by atoms with Crippen molar-refractivity contribution in [2.45, 2.75) is 32.9 Å². The number of nitrogens with zero attached hydrogens (tertiary/aromatic N) is 1. The van der Waals surface area contributed by atoms with Crippen molar-refractivity contribution in [1.82, 2.24) is 10.6 Å². The third-order valence-electron chi connectivity index (χ3n) is 2.99. The van der Waals surface area contributed by atoms with E-state index in [4.69, 9.17) is 4.74 Å². The first kappa shape index (κ1) is 21.6. The highest BCUT2D eigenvalue weighted by molar-refractivity contribution is 14.0. The molecule has 126 valence electrons. The standard InChI is InChI=1S/C15H23BrFN3O.HI/c1-5-18-14(20-10-15(2,3)21-4)19-9-11-8-12(17)6-7-13(11)16;/h6-8H,5,9-10H2,1-4H3,(H2,18,19,20);1H. The van der Waals surface area contributed by atoms with E-state index in [1.807, 2.05) is 20.8 Å². The van der Waals surface area contributed by atoms with Crippen LogP contribution in [0.5, 0.6) is 0 Å². The Kier molecular flexibility index (Phi) is 10.2. The molecular formula is C15H24BrFIN3O. The molecule has 2 N–H and O–H groups in total. The van der Waals surface area contributed by atoms with E-state index in [1.54, 1.807) is 13.2 Å². The van der Waals surface area contributed by atoms with Crippen molar-refractivity contribution in [2.24, 2.45) is 4.99 Å². The molecule has 0 radical (unpaired) electrons. The molecule has 4 nitrogen and oxygen atoms in total. The number of ether oxygens (including phenoxy) is 1. The van der Waals surface area contributed by atoms with Gasteiger partial charge in [-0.15, -0.1) is 24.0 Å². The maximum atomic E-state index is 13.3. The summed E-state index contributed by atoms with van der Waals surface area (Å²) in [5, 5.41) is 6.38. The molecule has 1 aromatic carbocycles. The highest BCUT2D eigenvalue weighted by Crippen LogP contribution is 2.18. The molecule has 0 spiro atoms. The number of guanidine groups is 1. The van der Waals surface area contributed by atoms with Gasteiger partial charge in [0.05, 0.1) is 12.1 Å². The maximum Gasteiger partial charge on any atom is 0.191 e. The number of hydrogen-bond acceptors (Lipinski definition) is 2. The molecule has 0 aliphatic heterocycles. The Hall–Kier alpha value is -0.410. The molecule has 1 aromatic rings. The molecule has 22 heavy (non-hydrogen) atoms. The lowest BCUT2D eigenvalue weighted by atomic mass is 10.1. The van der Waals surface area contributed by atoms with Gasteiger partial charge >= 0.3 is 0 Å². The van der Waals surface area contributed by atoms with Crippen molar-refractivity contribution < 1.29 is 9.13 Å². The predicted molar refractivity (Wildman–Crippen MR) is 103 cm³/mol. The fourth-order valence-electron chi connectivity index (χ4n) is 1.54. The summed E-state index contributed by atoms with van der Waals surface area (Å²) in [7, 11) is 1.68. The van der Waals surface area contributed by atoms with E-state index < -0.39 is 0 Å². The van der Waals surface area contributed by atoms with Crippen LogP contribution in [0.15, 0.2) is 27.7 Å². The molecule has 0 saturated carbocycles. The van der Waals surface area contributed by atoms with E-state index in [1.165, 1.54) is 12.1 Å². The first-order valence-electron chi connectivity index (χ1n) is 6.89. The van der Waals surface area contributed by atoms with Crippen molar-refractivity contribution in [1.29, 1.82) is 0 Å². The van der Waals surface area contributed by atoms with Gasteiger partial charge in [0, 0.05) is 24.7 Å². The van der Waals surface area contributed by atoms with Crippen molar-refractivity contribution in [2.75, 3.05) is 20.2 Å². The van der Waals surface area contributed by atoms with E-state index in [0.29, 0.717) is 19.0 Å². The van der Waals surface area contributed by atoms with Crippen LogP contribution in [0.3, 0.4) is 0 Å². The molecule has 0 aliphatic carbocycles. The molecular weight excluding hydrogens is 464 g/mol. The lowest BCUT2D eigenvalue weighted by molar-refractivity contribution is 0.0268. The molecule has 0 aromatic heterocycles. The Morgan fingerprint density at radius 2 is 2.05 bits per heavy atom. The highest BCUT2D eigenvalue weighted by Gasteiger charge is 2.16. The van der Waals surface area contributed by atoms with Crippen LogP contribution in [0.2, 0.25) is 0 Å². The van der Waals surface area contributed by atoms with Crippen LogP contribution in [-0.2, 0) is 11.3 Å².